The van der Waals surface area contributed by atoms with Gasteiger partial charge >= 0.3 is 5.97 Å². The number of nitrogens with zero attached hydrogens (tertiary/aromatic N) is 2. The summed E-state index contributed by atoms with van der Waals surface area (Å²) in [6.45, 7) is 1.93. The smallest absolute Gasteiger partial charge is 0.323 e. The normalized spacial score (nSPS) is 17.3. The molecular weight excluding hydrogens is 338 g/mol. The Morgan fingerprint density at radius 2 is 1.88 bits per heavy atom. The second-order valence-electron chi connectivity index (χ2n) is 6.36. The van der Waals surface area contributed by atoms with E-state index in [0.29, 0.717) is 37.9 Å². The monoisotopic (exact) mass is 361 g/mol. The third-order valence-electron chi connectivity index (χ3n) is 4.53. The van der Waals surface area contributed by atoms with Crippen molar-refractivity contribution in [2.75, 3.05) is 19.6 Å². The molecule has 1 aromatic rings. The number of hydrogen-bond acceptors (Lipinski definition) is 4. The number of rotatable bonds is 5. The summed E-state index contributed by atoms with van der Waals surface area (Å²) in [5, 5.41) is 9.00. The molecule has 1 fully saturated rings. The third-order valence-corrected chi connectivity index (χ3v) is 4.53. The molecule has 0 radical (unpaired) electrons. The zero-order valence-electron chi connectivity index (χ0n) is 14.7. The van der Waals surface area contributed by atoms with Gasteiger partial charge in [-0.25, -0.2) is 0 Å². The molecular formula is C18H23N3O5. The number of amides is 3. The Hall–Kier alpha value is -2.90. The van der Waals surface area contributed by atoms with Gasteiger partial charge < -0.3 is 20.6 Å². The summed E-state index contributed by atoms with van der Waals surface area (Å²) in [6.07, 6.45) is 1.81. The highest BCUT2D eigenvalue weighted by atomic mass is 16.4. The molecule has 1 aromatic carbocycles. The maximum absolute atomic E-state index is 12.7. The van der Waals surface area contributed by atoms with Gasteiger partial charge in [0, 0.05) is 37.2 Å². The summed E-state index contributed by atoms with van der Waals surface area (Å²) >= 11 is 0. The van der Waals surface area contributed by atoms with E-state index in [-0.39, 0.29) is 30.0 Å². The van der Waals surface area contributed by atoms with Crippen molar-refractivity contribution in [1.82, 2.24) is 9.80 Å². The van der Waals surface area contributed by atoms with Gasteiger partial charge in [-0.05, 0) is 37.5 Å². The highest BCUT2D eigenvalue weighted by Crippen LogP contribution is 2.19. The highest BCUT2D eigenvalue weighted by Gasteiger charge is 2.28. The van der Waals surface area contributed by atoms with Crippen LogP contribution in [0.2, 0.25) is 0 Å². The number of carboxylic acids is 1. The van der Waals surface area contributed by atoms with Crippen molar-refractivity contribution in [3.05, 3.63) is 35.4 Å². The molecule has 140 valence electrons. The Kier molecular flexibility index (Phi) is 6.32. The topological polar surface area (TPSA) is 121 Å². The lowest BCUT2D eigenvalue weighted by Crippen LogP contribution is -2.43. The molecule has 3 amide bonds. The van der Waals surface area contributed by atoms with Crippen molar-refractivity contribution in [3.63, 3.8) is 0 Å². The molecule has 0 saturated carbocycles. The first kappa shape index (κ1) is 19.4. The quantitative estimate of drug-likeness (QED) is 0.800. The molecule has 0 aromatic heterocycles. The van der Waals surface area contributed by atoms with E-state index in [2.05, 4.69) is 0 Å². The van der Waals surface area contributed by atoms with Crippen molar-refractivity contribution in [2.45, 2.75) is 32.2 Å². The van der Waals surface area contributed by atoms with Crippen LogP contribution in [-0.4, -0.2) is 64.3 Å². The van der Waals surface area contributed by atoms with Crippen LogP contribution in [0.5, 0.6) is 0 Å². The molecule has 1 aliphatic rings. The molecule has 26 heavy (non-hydrogen) atoms. The number of aliphatic carboxylic acids is 1. The van der Waals surface area contributed by atoms with Gasteiger partial charge in [0.25, 0.3) is 5.91 Å². The minimum absolute atomic E-state index is 0.207. The molecule has 1 unspecified atom stereocenters. The van der Waals surface area contributed by atoms with Gasteiger partial charge in [-0.3, -0.25) is 19.2 Å². The van der Waals surface area contributed by atoms with E-state index < -0.39 is 11.9 Å². The SMILES string of the molecule is CC(=O)N(CC(=O)O)C1CCCN(C(=O)c2cccc(C(N)=O)c2)CC1. The van der Waals surface area contributed by atoms with Crippen LogP contribution in [0.15, 0.2) is 24.3 Å². The van der Waals surface area contributed by atoms with Crippen LogP contribution < -0.4 is 5.73 Å². The van der Waals surface area contributed by atoms with Gasteiger partial charge in [0.2, 0.25) is 11.8 Å². The Balaban J connectivity index is 2.08. The lowest BCUT2D eigenvalue weighted by molar-refractivity contribution is -0.145. The van der Waals surface area contributed by atoms with Crippen LogP contribution in [-0.2, 0) is 9.59 Å². The van der Waals surface area contributed by atoms with Crippen LogP contribution in [0.1, 0.15) is 46.9 Å². The Bertz CT molecular complexity index is 719. The minimum Gasteiger partial charge on any atom is -0.480 e. The van der Waals surface area contributed by atoms with Crippen LogP contribution in [0, 0.1) is 0 Å². The predicted octanol–water partition coefficient (Wildman–Crippen LogP) is 0.713. The van der Waals surface area contributed by atoms with Gasteiger partial charge in [-0.15, -0.1) is 0 Å². The zero-order chi connectivity index (χ0) is 19.3. The zero-order valence-corrected chi connectivity index (χ0v) is 14.7. The fraction of sp³-hybridized carbons (Fsp3) is 0.444. The summed E-state index contributed by atoms with van der Waals surface area (Å²) < 4.78 is 0. The highest BCUT2D eigenvalue weighted by molar-refractivity contribution is 5.99. The lowest BCUT2D eigenvalue weighted by Gasteiger charge is -2.28. The van der Waals surface area contributed by atoms with Gasteiger partial charge in [0.15, 0.2) is 0 Å². The van der Waals surface area contributed by atoms with E-state index in [0.717, 1.165) is 0 Å². The van der Waals surface area contributed by atoms with E-state index in [1.165, 1.54) is 17.9 Å². The molecule has 0 bridgehead atoms. The maximum atomic E-state index is 12.7. The molecule has 2 rings (SSSR count). The van der Waals surface area contributed by atoms with Crippen LogP contribution in [0.4, 0.5) is 0 Å². The number of benzene rings is 1. The first-order valence-electron chi connectivity index (χ1n) is 8.47. The Labute approximate surface area is 151 Å². The second-order valence-corrected chi connectivity index (χ2v) is 6.36. The van der Waals surface area contributed by atoms with Crippen LogP contribution in [0.3, 0.4) is 0 Å². The molecule has 1 saturated heterocycles. The molecule has 3 N–H and O–H groups in total. The number of carboxylic acid groups (broad SMARTS) is 1. The number of carbonyl (C=O) groups excluding carboxylic acids is 3. The Morgan fingerprint density at radius 3 is 2.50 bits per heavy atom. The third kappa shape index (κ3) is 4.81. The average molecular weight is 361 g/mol. The number of hydrogen-bond donors (Lipinski definition) is 2. The summed E-state index contributed by atoms with van der Waals surface area (Å²) in [6, 6.07) is 6.05. The van der Waals surface area contributed by atoms with E-state index in [4.69, 9.17) is 10.8 Å². The van der Waals surface area contributed by atoms with Gasteiger partial charge in [0.05, 0.1) is 0 Å². The molecule has 8 heteroatoms. The molecule has 8 nitrogen and oxygen atoms in total. The summed E-state index contributed by atoms with van der Waals surface area (Å²) in [5.74, 6) is -2.14. The van der Waals surface area contributed by atoms with Gasteiger partial charge in [-0.1, -0.05) is 6.07 Å². The number of primary amides is 1. The summed E-state index contributed by atoms with van der Waals surface area (Å²) in [7, 11) is 0. The van der Waals surface area contributed by atoms with Crippen molar-refractivity contribution >= 4 is 23.7 Å². The van der Waals surface area contributed by atoms with Crippen LogP contribution in [0.25, 0.3) is 0 Å². The van der Waals surface area contributed by atoms with Crippen molar-refractivity contribution in [3.8, 4) is 0 Å². The first-order chi connectivity index (χ1) is 12.3. The molecule has 1 aliphatic heterocycles. The second kappa shape index (κ2) is 8.46. The molecule has 0 spiro atoms. The number of carbonyl (C=O) groups is 4. The fourth-order valence-corrected chi connectivity index (χ4v) is 3.22. The maximum Gasteiger partial charge on any atom is 0.323 e. The lowest BCUT2D eigenvalue weighted by atomic mass is 10.1. The summed E-state index contributed by atoms with van der Waals surface area (Å²) in [4.78, 5) is 49.8. The molecule has 0 aliphatic carbocycles. The van der Waals surface area contributed by atoms with Gasteiger partial charge in [-0.2, -0.15) is 0 Å². The van der Waals surface area contributed by atoms with E-state index >= 15 is 0 Å². The average Bonchev–Trinajstić information content (AvgIpc) is 2.84. The van der Waals surface area contributed by atoms with Crippen molar-refractivity contribution in [1.29, 1.82) is 0 Å². The Morgan fingerprint density at radius 1 is 1.19 bits per heavy atom. The van der Waals surface area contributed by atoms with Crippen molar-refractivity contribution < 1.29 is 24.3 Å². The van der Waals surface area contributed by atoms with Crippen LogP contribution >= 0.6 is 0 Å². The largest absolute Gasteiger partial charge is 0.480 e. The fourth-order valence-electron chi connectivity index (χ4n) is 3.22. The summed E-state index contributed by atoms with van der Waals surface area (Å²) in [5.41, 5.74) is 5.91. The number of likely N-dealkylation sites (tertiary alicyclic amines) is 1. The van der Waals surface area contributed by atoms with Crippen molar-refractivity contribution in [2.24, 2.45) is 5.73 Å². The molecule has 1 heterocycles. The minimum atomic E-state index is -1.05. The first-order valence-corrected chi connectivity index (χ1v) is 8.47. The standard InChI is InChI=1S/C18H23N3O5/c1-12(22)21(11-16(23)24)15-6-3-8-20(9-7-15)18(26)14-5-2-4-13(10-14)17(19)25/h2,4-5,10,15H,3,6-9,11H2,1H3,(H2,19,25)(H,23,24). The predicted molar refractivity (Wildman–Crippen MR) is 93.5 cm³/mol. The van der Waals surface area contributed by atoms with E-state index in [9.17, 15) is 19.2 Å². The van der Waals surface area contributed by atoms with E-state index in [1.54, 1.807) is 23.1 Å². The van der Waals surface area contributed by atoms with Gasteiger partial charge in [0.1, 0.15) is 6.54 Å². The number of nitrogens with two attached hydrogens (primary N) is 1. The van der Waals surface area contributed by atoms with E-state index in [1.807, 2.05) is 0 Å². The molecule has 1 atom stereocenters.